The highest BCUT2D eigenvalue weighted by molar-refractivity contribution is 9.10. The maximum Gasteiger partial charge on any atom is 0.238 e. The van der Waals surface area contributed by atoms with Crippen molar-refractivity contribution in [3.63, 3.8) is 0 Å². The van der Waals surface area contributed by atoms with Gasteiger partial charge in [-0.15, -0.1) is 6.42 Å². The van der Waals surface area contributed by atoms with Gasteiger partial charge < -0.3 is 10.6 Å². The predicted octanol–water partition coefficient (Wildman–Crippen LogP) is 1.68. The van der Waals surface area contributed by atoms with E-state index in [9.17, 15) is 8.42 Å². The van der Waals surface area contributed by atoms with Crippen LogP contribution in [0.5, 0.6) is 0 Å². The number of benzene rings is 1. The lowest BCUT2D eigenvalue weighted by Crippen LogP contribution is -2.12. The predicted molar refractivity (Wildman–Crippen MR) is 88.2 cm³/mol. The molecule has 0 saturated heterocycles. The number of sulfonamides is 1. The van der Waals surface area contributed by atoms with E-state index in [4.69, 9.17) is 11.6 Å². The number of rotatable bonds is 5. The zero-order chi connectivity index (χ0) is 16.2. The first-order chi connectivity index (χ1) is 10.4. The maximum atomic E-state index is 11.3. The molecule has 2 aromatic rings. The number of nitrogens with one attached hydrogen (secondary N) is 2. The highest BCUT2D eigenvalue weighted by atomic mass is 79.9. The number of halogens is 1. The molecule has 1 aromatic heterocycles. The average molecular weight is 382 g/mol. The molecule has 4 N–H and O–H groups in total. The molecule has 0 spiro atoms. The minimum Gasteiger partial charge on any atom is -0.358 e. The van der Waals surface area contributed by atoms with E-state index in [1.54, 1.807) is 18.3 Å². The van der Waals surface area contributed by atoms with Gasteiger partial charge in [0.25, 0.3) is 0 Å². The molecule has 0 unspecified atom stereocenters. The first-order valence-electron chi connectivity index (χ1n) is 6.00. The van der Waals surface area contributed by atoms with Crippen molar-refractivity contribution in [1.82, 2.24) is 9.97 Å². The number of nitrogens with two attached hydrogens (primary N) is 1. The third kappa shape index (κ3) is 4.17. The van der Waals surface area contributed by atoms with Gasteiger partial charge in [-0.1, -0.05) is 12.0 Å². The van der Waals surface area contributed by atoms with E-state index >= 15 is 0 Å². The van der Waals surface area contributed by atoms with Crippen LogP contribution in [0.25, 0.3) is 0 Å². The SMILES string of the molecule is C#CCNc1nc(Nc2cccc(S(N)(=O)=O)c2)ncc1Br. The fourth-order valence-electron chi connectivity index (χ4n) is 1.57. The summed E-state index contributed by atoms with van der Waals surface area (Å²) in [5.74, 6) is 3.26. The molecule has 0 aliphatic heterocycles. The average Bonchev–Trinajstić information content (AvgIpc) is 2.47. The molecular formula is C13H12BrN5O2S. The Kier molecular flexibility index (Phi) is 4.97. The highest BCUT2D eigenvalue weighted by Gasteiger charge is 2.09. The Hall–Kier alpha value is -2.15. The van der Waals surface area contributed by atoms with Crippen molar-refractivity contribution < 1.29 is 8.42 Å². The summed E-state index contributed by atoms with van der Waals surface area (Å²) in [7, 11) is -3.77. The monoisotopic (exact) mass is 381 g/mol. The minimum absolute atomic E-state index is 0.000270. The molecule has 0 radical (unpaired) electrons. The molecule has 0 aliphatic rings. The van der Waals surface area contributed by atoms with Crippen LogP contribution in [-0.2, 0) is 10.0 Å². The first-order valence-corrected chi connectivity index (χ1v) is 8.34. The van der Waals surface area contributed by atoms with E-state index in [1.807, 2.05) is 0 Å². The van der Waals surface area contributed by atoms with Gasteiger partial charge in [0.1, 0.15) is 5.82 Å². The number of hydrogen-bond donors (Lipinski definition) is 3. The van der Waals surface area contributed by atoms with Crippen LogP contribution in [0.2, 0.25) is 0 Å². The Morgan fingerprint density at radius 2 is 2.18 bits per heavy atom. The largest absolute Gasteiger partial charge is 0.358 e. The highest BCUT2D eigenvalue weighted by Crippen LogP contribution is 2.22. The molecule has 0 aliphatic carbocycles. The van der Waals surface area contributed by atoms with E-state index in [-0.39, 0.29) is 10.8 Å². The van der Waals surface area contributed by atoms with E-state index in [2.05, 4.69) is 42.5 Å². The minimum atomic E-state index is -3.77. The molecule has 0 amide bonds. The quantitative estimate of drug-likeness (QED) is 0.679. The van der Waals surface area contributed by atoms with E-state index < -0.39 is 10.0 Å². The van der Waals surface area contributed by atoms with Gasteiger partial charge in [-0.25, -0.2) is 18.5 Å². The number of anilines is 3. The van der Waals surface area contributed by atoms with Crippen molar-refractivity contribution in [3.8, 4) is 12.3 Å². The second-order valence-electron chi connectivity index (χ2n) is 4.15. The van der Waals surface area contributed by atoms with Crippen molar-refractivity contribution in [2.24, 2.45) is 5.14 Å². The van der Waals surface area contributed by atoms with Crippen LogP contribution >= 0.6 is 15.9 Å². The zero-order valence-electron chi connectivity index (χ0n) is 11.2. The van der Waals surface area contributed by atoms with Gasteiger partial charge in [0.2, 0.25) is 16.0 Å². The Balaban J connectivity index is 2.26. The molecule has 9 heteroatoms. The number of aromatic nitrogens is 2. The molecular weight excluding hydrogens is 370 g/mol. The molecule has 7 nitrogen and oxygen atoms in total. The van der Waals surface area contributed by atoms with Crippen molar-refractivity contribution in [2.45, 2.75) is 4.90 Å². The summed E-state index contributed by atoms with van der Waals surface area (Å²) in [5.41, 5.74) is 0.497. The smallest absolute Gasteiger partial charge is 0.238 e. The lowest BCUT2D eigenvalue weighted by molar-refractivity contribution is 0.598. The molecule has 0 fully saturated rings. The lowest BCUT2D eigenvalue weighted by Gasteiger charge is -2.09. The summed E-state index contributed by atoms with van der Waals surface area (Å²) < 4.78 is 23.3. The molecule has 2 rings (SSSR count). The fraction of sp³-hybridized carbons (Fsp3) is 0.0769. The van der Waals surface area contributed by atoms with Crippen LogP contribution in [0.15, 0.2) is 39.8 Å². The van der Waals surface area contributed by atoms with Crippen LogP contribution in [0.3, 0.4) is 0 Å². The normalized spacial score (nSPS) is 10.8. The number of primary sulfonamides is 1. The van der Waals surface area contributed by atoms with Crippen molar-refractivity contribution in [2.75, 3.05) is 17.2 Å². The van der Waals surface area contributed by atoms with Gasteiger partial charge in [0.05, 0.1) is 15.9 Å². The van der Waals surface area contributed by atoms with Crippen LogP contribution in [0.1, 0.15) is 0 Å². The van der Waals surface area contributed by atoms with E-state index in [0.29, 0.717) is 22.5 Å². The molecule has 1 aromatic carbocycles. The summed E-state index contributed by atoms with van der Waals surface area (Å²) in [6.45, 7) is 0.315. The summed E-state index contributed by atoms with van der Waals surface area (Å²) in [6.07, 6.45) is 6.74. The third-order valence-corrected chi connectivity index (χ3v) is 4.01. The van der Waals surface area contributed by atoms with Crippen LogP contribution in [0, 0.1) is 12.3 Å². The van der Waals surface area contributed by atoms with Crippen LogP contribution in [-0.4, -0.2) is 24.9 Å². The summed E-state index contributed by atoms with van der Waals surface area (Å²) >= 11 is 3.30. The Labute approximate surface area is 136 Å². The summed E-state index contributed by atoms with van der Waals surface area (Å²) in [6, 6.07) is 6.05. The van der Waals surface area contributed by atoms with Gasteiger partial charge in [-0.05, 0) is 34.1 Å². The molecule has 114 valence electrons. The lowest BCUT2D eigenvalue weighted by atomic mass is 10.3. The topological polar surface area (TPSA) is 110 Å². The third-order valence-electron chi connectivity index (χ3n) is 2.52. The van der Waals surface area contributed by atoms with Crippen LogP contribution < -0.4 is 15.8 Å². The number of nitrogens with zero attached hydrogens (tertiary/aromatic N) is 2. The number of hydrogen-bond acceptors (Lipinski definition) is 6. The van der Waals surface area contributed by atoms with Gasteiger partial charge in [0, 0.05) is 11.9 Å². The van der Waals surface area contributed by atoms with Crippen molar-refractivity contribution in [3.05, 3.63) is 34.9 Å². The van der Waals surface area contributed by atoms with Crippen molar-refractivity contribution >= 4 is 43.4 Å². The Morgan fingerprint density at radius 1 is 1.41 bits per heavy atom. The van der Waals surface area contributed by atoms with Crippen molar-refractivity contribution in [1.29, 1.82) is 0 Å². The van der Waals surface area contributed by atoms with Gasteiger partial charge in [-0.3, -0.25) is 0 Å². The van der Waals surface area contributed by atoms with Gasteiger partial charge >= 0.3 is 0 Å². The fourth-order valence-corrected chi connectivity index (χ4v) is 2.46. The summed E-state index contributed by atoms with van der Waals surface area (Å²) in [4.78, 5) is 8.33. The maximum absolute atomic E-state index is 11.3. The van der Waals surface area contributed by atoms with E-state index in [1.165, 1.54) is 12.1 Å². The molecule has 1 heterocycles. The second-order valence-corrected chi connectivity index (χ2v) is 6.56. The van der Waals surface area contributed by atoms with Gasteiger partial charge in [0.15, 0.2) is 0 Å². The van der Waals surface area contributed by atoms with E-state index in [0.717, 1.165) is 0 Å². The first kappa shape index (κ1) is 16.2. The summed E-state index contributed by atoms with van der Waals surface area (Å²) in [5, 5.41) is 10.9. The molecule has 22 heavy (non-hydrogen) atoms. The Bertz CT molecular complexity index is 833. The number of terminal acetylenes is 1. The Morgan fingerprint density at radius 3 is 2.86 bits per heavy atom. The second kappa shape index (κ2) is 6.74. The standard InChI is InChI=1S/C13H12BrN5O2S/c1-2-6-16-12-11(14)8-17-13(19-12)18-9-4-3-5-10(7-9)22(15,20)21/h1,3-5,7-8H,6H2,(H2,15,20,21)(H2,16,17,18,19). The van der Waals surface area contributed by atoms with Crippen LogP contribution in [0.4, 0.5) is 17.5 Å². The molecule has 0 bridgehead atoms. The zero-order valence-corrected chi connectivity index (χ0v) is 13.6. The molecule has 0 saturated carbocycles. The van der Waals surface area contributed by atoms with Gasteiger partial charge in [-0.2, -0.15) is 4.98 Å². The molecule has 0 atom stereocenters.